The number of hydrogen-bond acceptors (Lipinski definition) is 2. The Labute approximate surface area is 100 Å². The lowest BCUT2D eigenvalue weighted by molar-refractivity contribution is 0.284. The summed E-state index contributed by atoms with van der Waals surface area (Å²) < 4.78 is 18.7. The minimum Gasteiger partial charge on any atom is -0.484 e. The number of halogens is 1. The van der Waals surface area contributed by atoms with Crippen LogP contribution in [0.25, 0.3) is 0 Å². The quantitative estimate of drug-likeness (QED) is 0.755. The fourth-order valence-electron chi connectivity index (χ4n) is 1.71. The first-order valence-corrected chi connectivity index (χ1v) is 5.47. The highest BCUT2D eigenvalue weighted by Gasteiger charge is 2.06. The van der Waals surface area contributed by atoms with Gasteiger partial charge in [0, 0.05) is 6.20 Å². The fraction of sp³-hybridized carbons (Fsp3) is 0.214. The predicted molar refractivity (Wildman–Crippen MR) is 64.4 cm³/mol. The molecule has 0 aliphatic carbocycles. The van der Waals surface area contributed by atoms with Crippen LogP contribution in [0.4, 0.5) is 4.39 Å². The van der Waals surface area contributed by atoms with Crippen LogP contribution in [-0.2, 0) is 6.61 Å². The van der Waals surface area contributed by atoms with E-state index in [0.29, 0.717) is 6.61 Å². The van der Waals surface area contributed by atoms with Crippen molar-refractivity contribution in [3.8, 4) is 5.75 Å². The Hall–Kier alpha value is -1.90. The molecule has 1 aromatic heterocycles. The zero-order valence-electron chi connectivity index (χ0n) is 9.90. The van der Waals surface area contributed by atoms with Gasteiger partial charge in [0.15, 0.2) is 5.75 Å². The molecule has 1 heterocycles. The van der Waals surface area contributed by atoms with Crippen molar-refractivity contribution in [3.63, 3.8) is 0 Å². The van der Waals surface area contributed by atoms with Gasteiger partial charge in [-0.15, -0.1) is 0 Å². The number of rotatable bonds is 3. The van der Waals surface area contributed by atoms with E-state index in [0.717, 1.165) is 16.7 Å². The summed E-state index contributed by atoms with van der Waals surface area (Å²) in [6, 6.07) is 9.27. The van der Waals surface area contributed by atoms with E-state index in [9.17, 15) is 4.39 Å². The Morgan fingerprint density at radius 3 is 2.47 bits per heavy atom. The molecule has 0 saturated heterocycles. The van der Waals surface area contributed by atoms with Crippen molar-refractivity contribution >= 4 is 0 Å². The highest BCUT2D eigenvalue weighted by Crippen LogP contribution is 2.18. The second-order valence-electron chi connectivity index (χ2n) is 3.95. The van der Waals surface area contributed by atoms with Crippen LogP contribution in [0.15, 0.2) is 36.5 Å². The highest BCUT2D eigenvalue weighted by molar-refractivity contribution is 5.33. The number of pyridine rings is 1. The van der Waals surface area contributed by atoms with E-state index in [1.807, 2.05) is 32.0 Å². The molecule has 2 rings (SSSR count). The first kappa shape index (κ1) is 11.6. The second kappa shape index (κ2) is 4.95. The average molecular weight is 231 g/mol. The van der Waals surface area contributed by atoms with Gasteiger partial charge in [0.1, 0.15) is 6.61 Å². The molecule has 0 spiro atoms. The summed E-state index contributed by atoms with van der Waals surface area (Å²) >= 11 is 0. The van der Waals surface area contributed by atoms with Gasteiger partial charge in [-0.1, -0.05) is 18.2 Å². The van der Waals surface area contributed by atoms with Crippen molar-refractivity contribution in [2.75, 3.05) is 0 Å². The third-order valence-electron chi connectivity index (χ3n) is 2.74. The maximum Gasteiger partial charge on any atom is 0.255 e. The Bertz CT molecular complexity index is 505. The summed E-state index contributed by atoms with van der Waals surface area (Å²) in [5.41, 5.74) is 3.39. The fourth-order valence-corrected chi connectivity index (χ4v) is 1.71. The molecule has 17 heavy (non-hydrogen) atoms. The average Bonchev–Trinajstić information content (AvgIpc) is 2.30. The number of benzene rings is 1. The van der Waals surface area contributed by atoms with Crippen molar-refractivity contribution < 1.29 is 9.13 Å². The van der Waals surface area contributed by atoms with E-state index in [4.69, 9.17) is 4.74 Å². The third-order valence-corrected chi connectivity index (χ3v) is 2.74. The van der Waals surface area contributed by atoms with E-state index >= 15 is 0 Å². The number of aromatic nitrogens is 1. The van der Waals surface area contributed by atoms with E-state index in [1.165, 1.54) is 6.20 Å². The molecule has 0 N–H and O–H groups in total. The van der Waals surface area contributed by atoms with Gasteiger partial charge in [0.2, 0.25) is 0 Å². The minimum absolute atomic E-state index is 0.190. The van der Waals surface area contributed by atoms with Gasteiger partial charge in [0.05, 0.1) is 0 Å². The molecule has 0 aliphatic heterocycles. The standard InChI is InChI=1S/C14H14FNO/c1-10-5-3-6-11(2)12(10)9-17-13-7-4-8-16-14(13)15/h3-8H,9H2,1-2H3. The molecular weight excluding hydrogens is 217 g/mol. The molecule has 1 aromatic carbocycles. The summed E-state index contributed by atoms with van der Waals surface area (Å²) in [4.78, 5) is 3.54. The zero-order valence-corrected chi connectivity index (χ0v) is 9.90. The Morgan fingerprint density at radius 1 is 1.12 bits per heavy atom. The van der Waals surface area contributed by atoms with Crippen molar-refractivity contribution in [1.82, 2.24) is 4.98 Å². The van der Waals surface area contributed by atoms with Crippen LogP contribution in [0.3, 0.4) is 0 Å². The van der Waals surface area contributed by atoms with Crippen molar-refractivity contribution in [3.05, 3.63) is 59.2 Å². The topological polar surface area (TPSA) is 22.1 Å². The van der Waals surface area contributed by atoms with E-state index in [-0.39, 0.29) is 5.75 Å². The summed E-state index contributed by atoms with van der Waals surface area (Å²) in [6.45, 7) is 4.40. The first-order valence-electron chi connectivity index (χ1n) is 5.47. The third kappa shape index (κ3) is 2.61. The minimum atomic E-state index is -0.571. The van der Waals surface area contributed by atoms with Gasteiger partial charge in [0.25, 0.3) is 5.95 Å². The summed E-state index contributed by atoms with van der Waals surface area (Å²) in [5, 5.41) is 0. The highest BCUT2D eigenvalue weighted by atomic mass is 19.1. The molecule has 0 bridgehead atoms. The molecular formula is C14H14FNO. The van der Waals surface area contributed by atoms with E-state index in [2.05, 4.69) is 4.98 Å². The summed E-state index contributed by atoms with van der Waals surface area (Å²) in [6.07, 6.45) is 1.40. The van der Waals surface area contributed by atoms with Gasteiger partial charge in [-0.05, 0) is 42.7 Å². The van der Waals surface area contributed by atoms with E-state index < -0.39 is 5.95 Å². The molecule has 0 atom stereocenters. The number of ether oxygens (including phenoxy) is 1. The number of nitrogens with zero attached hydrogens (tertiary/aromatic N) is 1. The van der Waals surface area contributed by atoms with Gasteiger partial charge >= 0.3 is 0 Å². The van der Waals surface area contributed by atoms with Gasteiger partial charge < -0.3 is 4.74 Å². The smallest absolute Gasteiger partial charge is 0.255 e. The summed E-state index contributed by atoms with van der Waals surface area (Å²) in [5.74, 6) is -0.381. The predicted octanol–water partition coefficient (Wildman–Crippen LogP) is 3.42. The zero-order chi connectivity index (χ0) is 12.3. The molecule has 0 unspecified atom stereocenters. The SMILES string of the molecule is Cc1cccc(C)c1COc1cccnc1F. The molecule has 88 valence electrons. The lowest BCUT2D eigenvalue weighted by Gasteiger charge is -2.11. The van der Waals surface area contributed by atoms with Crippen LogP contribution < -0.4 is 4.74 Å². The van der Waals surface area contributed by atoms with E-state index in [1.54, 1.807) is 12.1 Å². The molecule has 2 nitrogen and oxygen atoms in total. The van der Waals surface area contributed by atoms with Crippen LogP contribution in [0.2, 0.25) is 0 Å². The number of aryl methyl sites for hydroxylation is 2. The molecule has 2 aromatic rings. The largest absolute Gasteiger partial charge is 0.484 e. The van der Waals surface area contributed by atoms with Gasteiger partial charge in [-0.25, -0.2) is 4.98 Å². The maximum absolute atomic E-state index is 13.3. The molecule has 3 heteroatoms. The van der Waals surface area contributed by atoms with Crippen LogP contribution in [0.1, 0.15) is 16.7 Å². The van der Waals surface area contributed by atoms with Gasteiger partial charge in [-0.2, -0.15) is 4.39 Å². The second-order valence-corrected chi connectivity index (χ2v) is 3.95. The van der Waals surface area contributed by atoms with Crippen LogP contribution >= 0.6 is 0 Å². The normalized spacial score (nSPS) is 10.3. The van der Waals surface area contributed by atoms with Gasteiger partial charge in [-0.3, -0.25) is 0 Å². The Kier molecular flexibility index (Phi) is 3.38. The van der Waals surface area contributed by atoms with Crippen molar-refractivity contribution in [2.45, 2.75) is 20.5 Å². The lowest BCUT2D eigenvalue weighted by Crippen LogP contribution is -2.02. The lowest BCUT2D eigenvalue weighted by atomic mass is 10.0. The van der Waals surface area contributed by atoms with Crippen LogP contribution in [0.5, 0.6) is 5.75 Å². The molecule has 0 radical (unpaired) electrons. The Balaban J connectivity index is 2.16. The first-order chi connectivity index (χ1) is 8.18. The molecule has 0 amide bonds. The van der Waals surface area contributed by atoms with Crippen molar-refractivity contribution in [2.24, 2.45) is 0 Å². The summed E-state index contributed by atoms with van der Waals surface area (Å²) in [7, 11) is 0. The monoisotopic (exact) mass is 231 g/mol. The molecule has 0 saturated carbocycles. The van der Waals surface area contributed by atoms with Crippen LogP contribution in [-0.4, -0.2) is 4.98 Å². The van der Waals surface area contributed by atoms with Crippen LogP contribution in [0, 0.1) is 19.8 Å². The maximum atomic E-state index is 13.3. The molecule has 0 aliphatic rings. The molecule has 0 fully saturated rings. The Morgan fingerprint density at radius 2 is 1.82 bits per heavy atom. The van der Waals surface area contributed by atoms with Crippen molar-refractivity contribution in [1.29, 1.82) is 0 Å². The number of hydrogen-bond donors (Lipinski definition) is 0.